The maximum atomic E-state index is 11.5. The Morgan fingerprint density at radius 3 is 2.45 bits per heavy atom. The van der Waals surface area contributed by atoms with Crippen LogP contribution >= 0.6 is 0 Å². The van der Waals surface area contributed by atoms with Gasteiger partial charge >= 0.3 is 0 Å². The third-order valence-corrected chi connectivity index (χ3v) is 6.49. The summed E-state index contributed by atoms with van der Waals surface area (Å²) in [5, 5.41) is 11.5. The molecule has 0 amide bonds. The maximum Gasteiger partial charge on any atom is 0.125 e. The van der Waals surface area contributed by atoms with Crippen molar-refractivity contribution in [3.63, 3.8) is 0 Å². The second-order valence-electron chi connectivity index (χ2n) is 6.32. The van der Waals surface area contributed by atoms with Gasteiger partial charge in [-0.3, -0.25) is 0 Å². The highest BCUT2D eigenvalue weighted by atomic mass is 127. The molecule has 1 nitrogen and oxygen atoms in total. The molecule has 0 spiro atoms. The van der Waals surface area contributed by atoms with Gasteiger partial charge < -0.3 is 29.1 Å². The van der Waals surface area contributed by atoms with Gasteiger partial charge in [-0.1, -0.05) is 56.2 Å². The van der Waals surface area contributed by atoms with Gasteiger partial charge in [0.2, 0.25) is 0 Å². The molecule has 1 aliphatic carbocycles. The monoisotopic (exact) mass is 432 g/mol. The van der Waals surface area contributed by atoms with E-state index in [0.717, 1.165) is 23.5 Å². The van der Waals surface area contributed by atoms with Crippen molar-refractivity contribution in [2.75, 3.05) is 17.8 Å². The van der Waals surface area contributed by atoms with Gasteiger partial charge in [-0.05, 0) is 41.3 Å². The van der Waals surface area contributed by atoms with Gasteiger partial charge in [-0.2, -0.15) is 0 Å². The third-order valence-electron chi connectivity index (χ3n) is 4.79. The van der Waals surface area contributed by atoms with Crippen LogP contribution in [0.2, 0.25) is 0 Å². The highest BCUT2D eigenvalue weighted by Gasteiger charge is 2.39. The lowest BCUT2D eigenvalue weighted by Gasteiger charge is -2.38. The van der Waals surface area contributed by atoms with E-state index in [2.05, 4.69) is 37.1 Å². The predicted octanol–water partition coefficient (Wildman–Crippen LogP) is 1.28. The average molecular weight is 432 g/mol. The fraction of sp³-hybridized carbons (Fsp3) is 0.579. The fourth-order valence-electron chi connectivity index (χ4n) is 3.51. The van der Waals surface area contributed by atoms with Crippen LogP contribution in [0.4, 0.5) is 0 Å². The molecular weight excluding hydrogens is 403 g/mol. The molecule has 0 radical (unpaired) electrons. The topological polar surface area (TPSA) is 20.2 Å². The standard InChI is InChI=1S/C19H29OS.HI/c1-3-15-21(2)16-14-19(20,17-10-6-4-7-11-17)18-12-8-5-9-13-18;/h3-4,6-7,10-11,18,20H,1,5,8-9,12-16H2,2H3;1H/q+1;/p-1. The van der Waals surface area contributed by atoms with Crippen LogP contribution in [0.5, 0.6) is 0 Å². The maximum absolute atomic E-state index is 11.5. The summed E-state index contributed by atoms with van der Waals surface area (Å²) in [6, 6.07) is 10.4. The van der Waals surface area contributed by atoms with E-state index < -0.39 is 5.60 Å². The minimum atomic E-state index is -0.635. The zero-order chi connectivity index (χ0) is 15.1. The molecule has 1 aromatic carbocycles. The van der Waals surface area contributed by atoms with Crippen LogP contribution in [0.3, 0.4) is 0 Å². The fourth-order valence-corrected chi connectivity index (χ4v) is 4.73. The first-order valence-corrected chi connectivity index (χ1v) is 10.1. The molecule has 3 heteroatoms. The van der Waals surface area contributed by atoms with Crippen LogP contribution in [0, 0.1) is 5.92 Å². The van der Waals surface area contributed by atoms with Gasteiger partial charge in [0.15, 0.2) is 0 Å². The normalized spacial score (nSPS) is 19.7. The van der Waals surface area contributed by atoms with Crippen molar-refractivity contribution >= 4 is 10.9 Å². The predicted molar refractivity (Wildman–Crippen MR) is 94.8 cm³/mol. The second-order valence-corrected chi connectivity index (χ2v) is 8.62. The van der Waals surface area contributed by atoms with E-state index in [9.17, 15) is 5.11 Å². The summed E-state index contributed by atoms with van der Waals surface area (Å²) in [5.74, 6) is 2.58. The number of rotatable bonds is 7. The molecule has 2 atom stereocenters. The molecule has 124 valence electrons. The van der Waals surface area contributed by atoms with E-state index in [-0.39, 0.29) is 24.0 Å². The molecule has 0 aliphatic heterocycles. The van der Waals surface area contributed by atoms with E-state index in [1.165, 1.54) is 32.1 Å². The first kappa shape index (κ1) is 20.0. The Labute approximate surface area is 156 Å². The van der Waals surface area contributed by atoms with Crippen molar-refractivity contribution in [1.29, 1.82) is 0 Å². The highest BCUT2D eigenvalue weighted by Crippen LogP contribution is 2.41. The highest BCUT2D eigenvalue weighted by molar-refractivity contribution is 7.96. The van der Waals surface area contributed by atoms with Gasteiger partial charge in [0.05, 0.1) is 11.9 Å². The Balaban J connectivity index is 0.00000242. The Morgan fingerprint density at radius 2 is 1.86 bits per heavy atom. The SMILES string of the molecule is C=CC[S+](C)CCC(O)(c1ccccc1)C1CCCCC1.[I-]. The van der Waals surface area contributed by atoms with E-state index >= 15 is 0 Å². The molecule has 0 aromatic heterocycles. The molecule has 1 saturated carbocycles. The number of benzene rings is 1. The molecule has 0 heterocycles. The lowest BCUT2D eigenvalue weighted by atomic mass is 9.72. The van der Waals surface area contributed by atoms with E-state index in [1.807, 2.05) is 12.1 Å². The number of hydrogen-bond acceptors (Lipinski definition) is 1. The summed E-state index contributed by atoms with van der Waals surface area (Å²) in [6.07, 6.45) is 11.4. The van der Waals surface area contributed by atoms with Gasteiger partial charge in [0.25, 0.3) is 0 Å². The first-order chi connectivity index (χ1) is 10.2. The van der Waals surface area contributed by atoms with Crippen LogP contribution in [0.1, 0.15) is 44.1 Å². The summed E-state index contributed by atoms with van der Waals surface area (Å²) < 4.78 is 0. The van der Waals surface area contributed by atoms with Gasteiger partial charge in [-0.25, -0.2) is 0 Å². The molecule has 1 N–H and O–H groups in total. The number of aliphatic hydroxyl groups is 1. The Kier molecular flexibility index (Phi) is 9.10. The lowest BCUT2D eigenvalue weighted by molar-refractivity contribution is -0.0412. The van der Waals surface area contributed by atoms with Crippen molar-refractivity contribution in [3.8, 4) is 0 Å². The minimum Gasteiger partial charge on any atom is -1.00 e. The van der Waals surface area contributed by atoms with Crippen LogP contribution in [0.25, 0.3) is 0 Å². The third kappa shape index (κ3) is 5.27. The quantitative estimate of drug-likeness (QED) is 0.391. The molecule has 0 saturated heterocycles. The minimum absolute atomic E-state index is 0. The number of hydrogen-bond donors (Lipinski definition) is 1. The molecule has 0 bridgehead atoms. The summed E-state index contributed by atoms with van der Waals surface area (Å²) in [7, 11) is 0.327. The molecule has 22 heavy (non-hydrogen) atoms. The van der Waals surface area contributed by atoms with Crippen LogP contribution < -0.4 is 24.0 Å². The summed E-state index contributed by atoms with van der Waals surface area (Å²) in [6.45, 7) is 3.84. The Hall–Kier alpha value is -0.000000000000000111. The van der Waals surface area contributed by atoms with Crippen molar-refractivity contribution < 1.29 is 29.1 Å². The van der Waals surface area contributed by atoms with Crippen LogP contribution in [-0.4, -0.2) is 22.9 Å². The average Bonchev–Trinajstić information content (AvgIpc) is 2.54. The van der Waals surface area contributed by atoms with Gasteiger partial charge in [0.1, 0.15) is 11.5 Å². The van der Waals surface area contributed by atoms with E-state index in [1.54, 1.807) is 0 Å². The zero-order valence-electron chi connectivity index (χ0n) is 13.6. The lowest BCUT2D eigenvalue weighted by Crippen LogP contribution is -3.00. The Morgan fingerprint density at radius 1 is 1.23 bits per heavy atom. The summed E-state index contributed by atoms with van der Waals surface area (Å²) in [5.41, 5.74) is 0.483. The summed E-state index contributed by atoms with van der Waals surface area (Å²) >= 11 is 0. The zero-order valence-corrected chi connectivity index (χ0v) is 16.6. The van der Waals surface area contributed by atoms with Gasteiger partial charge in [0, 0.05) is 6.42 Å². The first-order valence-electron chi connectivity index (χ1n) is 8.15. The second kappa shape index (κ2) is 9.99. The van der Waals surface area contributed by atoms with E-state index in [4.69, 9.17) is 0 Å². The molecular formula is C19H29IOS. The van der Waals surface area contributed by atoms with Crippen molar-refractivity contribution in [1.82, 2.24) is 0 Å². The smallest absolute Gasteiger partial charge is 0.125 e. The van der Waals surface area contributed by atoms with Gasteiger partial charge in [-0.15, -0.1) is 0 Å². The van der Waals surface area contributed by atoms with Crippen molar-refractivity contribution in [2.45, 2.75) is 44.1 Å². The van der Waals surface area contributed by atoms with Crippen LogP contribution in [-0.2, 0) is 16.5 Å². The van der Waals surface area contributed by atoms with Crippen LogP contribution in [0.15, 0.2) is 43.0 Å². The molecule has 1 aliphatic rings. The van der Waals surface area contributed by atoms with Crippen molar-refractivity contribution in [3.05, 3.63) is 48.6 Å². The van der Waals surface area contributed by atoms with Crippen molar-refractivity contribution in [2.24, 2.45) is 5.92 Å². The molecule has 1 aromatic rings. The summed E-state index contributed by atoms with van der Waals surface area (Å²) in [4.78, 5) is 0. The van der Waals surface area contributed by atoms with E-state index in [0.29, 0.717) is 16.8 Å². The molecule has 1 fully saturated rings. The Bertz CT molecular complexity index is 430. The molecule has 2 rings (SSSR count). The molecule has 2 unspecified atom stereocenters. The number of halogens is 1. The largest absolute Gasteiger partial charge is 1.00 e.